The molecule has 25 heavy (non-hydrogen) atoms. The Labute approximate surface area is 147 Å². The number of nitrogens with two attached hydrogens (primary N) is 1. The highest BCUT2D eigenvalue weighted by atomic mass is 32.2. The third-order valence-electron chi connectivity index (χ3n) is 4.28. The second kappa shape index (κ2) is 7.83. The second-order valence-corrected chi connectivity index (χ2v) is 7.73. The molecule has 8 nitrogen and oxygen atoms in total. The summed E-state index contributed by atoms with van der Waals surface area (Å²) in [7, 11) is -2.33. The lowest BCUT2D eigenvalue weighted by atomic mass is 9.96. The maximum Gasteiger partial charge on any atom is 0.241 e. The summed E-state index contributed by atoms with van der Waals surface area (Å²) in [4.78, 5) is 25.2. The highest BCUT2D eigenvalue weighted by Gasteiger charge is 2.30. The summed E-state index contributed by atoms with van der Waals surface area (Å²) in [6.07, 6.45) is 0.998. The van der Waals surface area contributed by atoms with Crippen LogP contribution in [0.25, 0.3) is 0 Å². The number of primary amides is 1. The highest BCUT2D eigenvalue weighted by molar-refractivity contribution is 7.89. The lowest BCUT2D eigenvalue weighted by Gasteiger charge is -2.32. The Balaban J connectivity index is 1.99. The molecule has 1 aliphatic rings. The third kappa shape index (κ3) is 4.70. The van der Waals surface area contributed by atoms with Gasteiger partial charge in [-0.15, -0.1) is 0 Å². The molecule has 1 fully saturated rings. The smallest absolute Gasteiger partial charge is 0.241 e. The topological polar surface area (TPSA) is 119 Å². The number of hydrogen-bond donors (Lipinski definition) is 2. The number of carbonyl (C=O) groups is 2. The van der Waals surface area contributed by atoms with Gasteiger partial charge < -0.3 is 15.4 Å². The van der Waals surface area contributed by atoms with E-state index in [-0.39, 0.29) is 22.6 Å². The fraction of sp³-hybridized carbons (Fsp3) is 0.500. The summed E-state index contributed by atoms with van der Waals surface area (Å²) in [6, 6.07) is 5.00. The molecule has 1 aromatic carbocycles. The van der Waals surface area contributed by atoms with Gasteiger partial charge in [0.15, 0.2) is 0 Å². The maximum atomic E-state index is 12.4. The molecule has 0 radical (unpaired) electrons. The molecule has 1 atom stereocenters. The Hall–Kier alpha value is -2.13. The summed E-state index contributed by atoms with van der Waals surface area (Å²) in [6.45, 7) is 2.28. The number of piperidine rings is 1. The van der Waals surface area contributed by atoms with Crippen LogP contribution >= 0.6 is 0 Å². The zero-order chi connectivity index (χ0) is 18.6. The molecule has 0 aliphatic carbocycles. The number of ether oxygens (including phenoxy) is 1. The van der Waals surface area contributed by atoms with E-state index in [0.717, 1.165) is 0 Å². The normalized spacial score (nSPS) is 17.1. The quantitative estimate of drug-likeness (QED) is 0.736. The van der Waals surface area contributed by atoms with Crippen molar-refractivity contribution in [3.63, 3.8) is 0 Å². The van der Waals surface area contributed by atoms with Gasteiger partial charge in [0.1, 0.15) is 5.75 Å². The van der Waals surface area contributed by atoms with E-state index in [4.69, 9.17) is 10.5 Å². The van der Waals surface area contributed by atoms with E-state index in [1.165, 1.54) is 38.3 Å². The number of sulfonamides is 1. The second-order valence-electron chi connectivity index (χ2n) is 6.02. The van der Waals surface area contributed by atoms with E-state index in [2.05, 4.69) is 4.72 Å². The van der Waals surface area contributed by atoms with E-state index in [1.807, 2.05) is 0 Å². The van der Waals surface area contributed by atoms with Crippen LogP contribution in [0.4, 0.5) is 0 Å². The van der Waals surface area contributed by atoms with Crippen LogP contribution in [-0.2, 0) is 19.6 Å². The fourth-order valence-electron chi connectivity index (χ4n) is 2.76. The Morgan fingerprint density at radius 3 is 2.28 bits per heavy atom. The van der Waals surface area contributed by atoms with Crippen molar-refractivity contribution < 1.29 is 22.7 Å². The van der Waals surface area contributed by atoms with Crippen molar-refractivity contribution in [2.75, 3.05) is 20.2 Å². The van der Waals surface area contributed by atoms with E-state index in [1.54, 1.807) is 4.90 Å². The minimum absolute atomic E-state index is 0.0559. The first-order valence-corrected chi connectivity index (χ1v) is 9.47. The first kappa shape index (κ1) is 19.2. The highest BCUT2D eigenvalue weighted by Crippen LogP contribution is 2.19. The molecule has 0 saturated carbocycles. The van der Waals surface area contributed by atoms with Gasteiger partial charge in [-0.3, -0.25) is 9.59 Å². The van der Waals surface area contributed by atoms with Crippen LogP contribution in [0.1, 0.15) is 19.8 Å². The van der Waals surface area contributed by atoms with Gasteiger partial charge in [-0.2, -0.15) is 4.72 Å². The van der Waals surface area contributed by atoms with Gasteiger partial charge >= 0.3 is 0 Å². The van der Waals surface area contributed by atoms with Crippen molar-refractivity contribution in [3.8, 4) is 5.75 Å². The van der Waals surface area contributed by atoms with Crippen LogP contribution in [0, 0.1) is 5.92 Å². The van der Waals surface area contributed by atoms with Gasteiger partial charge in [0, 0.05) is 19.0 Å². The molecule has 1 aliphatic heterocycles. The number of rotatable bonds is 6. The molecule has 138 valence electrons. The number of nitrogens with one attached hydrogen (secondary N) is 1. The Bertz CT molecular complexity index is 725. The molecule has 0 bridgehead atoms. The van der Waals surface area contributed by atoms with Crippen molar-refractivity contribution in [2.24, 2.45) is 11.7 Å². The van der Waals surface area contributed by atoms with Gasteiger partial charge in [0.05, 0.1) is 18.0 Å². The first-order chi connectivity index (χ1) is 11.7. The third-order valence-corrected chi connectivity index (χ3v) is 5.84. The molecular formula is C16H23N3O5S. The van der Waals surface area contributed by atoms with Crippen molar-refractivity contribution in [1.82, 2.24) is 9.62 Å². The van der Waals surface area contributed by atoms with Crippen LogP contribution in [0.15, 0.2) is 29.2 Å². The van der Waals surface area contributed by atoms with Crippen LogP contribution in [0.2, 0.25) is 0 Å². The van der Waals surface area contributed by atoms with Gasteiger partial charge in [0.25, 0.3) is 0 Å². The monoisotopic (exact) mass is 369 g/mol. The van der Waals surface area contributed by atoms with Crippen LogP contribution in [0.5, 0.6) is 5.75 Å². The largest absolute Gasteiger partial charge is 0.497 e. The summed E-state index contributed by atoms with van der Waals surface area (Å²) in [5.74, 6) is -0.365. The van der Waals surface area contributed by atoms with E-state index in [9.17, 15) is 18.0 Å². The average Bonchev–Trinajstić information content (AvgIpc) is 2.60. The number of methoxy groups -OCH3 is 1. The molecule has 2 rings (SSSR count). The average molecular weight is 369 g/mol. The molecule has 2 amide bonds. The van der Waals surface area contributed by atoms with E-state index < -0.39 is 16.1 Å². The number of nitrogens with zero attached hydrogens (tertiary/aromatic N) is 1. The molecule has 3 N–H and O–H groups in total. The molecule has 0 unspecified atom stereocenters. The molecule has 9 heteroatoms. The van der Waals surface area contributed by atoms with Crippen LogP contribution in [-0.4, -0.2) is 51.4 Å². The molecule has 0 aromatic heterocycles. The van der Waals surface area contributed by atoms with Gasteiger partial charge in [-0.05, 0) is 44.0 Å². The van der Waals surface area contributed by atoms with Crippen LogP contribution < -0.4 is 15.2 Å². The Kier molecular flexibility index (Phi) is 6.02. The van der Waals surface area contributed by atoms with Crippen molar-refractivity contribution >= 4 is 21.8 Å². The first-order valence-electron chi connectivity index (χ1n) is 7.99. The lowest BCUT2D eigenvalue weighted by molar-refractivity contribution is -0.136. The summed E-state index contributed by atoms with van der Waals surface area (Å²) < 4.78 is 32.2. The van der Waals surface area contributed by atoms with Crippen molar-refractivity contribution in [2.45, 2.75) is 30.7 Å². The van der Waals surface area contributed by atoms with E-state index >= 15 is 0 Å². The number of amides is 2. The Morgan fingerprint density at radius 2 is 1.80 bits per heavy atom. The number of likely N-dealkylation sites (tertiary alicyclic amines) is 1. The lowest BCUT2D eigenvalue weighted by Crippen LogP contribution is -2.50. The maximum absolute atomic E-state index is 12.4. The van der Waals surface area contributed by atoms with Gasteiger partial charge in [0.2, 0.25) is 21.8 Å². The number of carbonyl (C=O) groups excluding carboxylic acids is 2. The minimum Gasteiger partial charge on any atom is -0.497 e. The Morgan fingerprint density at radius 1 is 1.24 bits per heavy atom. The summed E-state index contributed by atoms with van der Waals surface area (Å²) in [5, 5.41) is 0. The number of benzene rings is 1. The zero-order valence-corrected chi connectivity index (χ0v) is 15.1. The molecule has 1 aromatic rings. The molecular weight excluding hydrogens is 346 g/mol. The molecule has 0 spiro atoms. The summed E-state index contributed by atoms with van der Waals surface area (Å²) in [5.41, 5.74) is 5.27. The standard InChI is InChI=1S/C16H23N3O5S/c1-11(16(21)19-9-7-12(8-10-19)15(17)20)18-25(22,23)14-5-3-13(24-2)4-6-14/h3-6,11-12,18H,7-10H2,1-2H3,(H2,17,20)/t11-/m0/s1. The predicted molar refractivity (Wildman–Crippen MR) is 91.3 cm³/mol. The SMILES string of the molecule is COc1ccc(S(=O)(=O)N[C@@H](C)C(=O)N2CCC(C(N)=O)CC2)cc1. The van der Waals surface area contributed by atoms with Crippen molar-refractivity contribution in [1.29, 1.82) is 0 Å². The predicted octanol–water partition coefficient (Wildman–Crippen LogP) is 0.0859. The van der Waals surface area contributed by atoms with Gasteiger partial charge in [-0.25, -0.2) is 8.42 Å². The van der Waals surface area contributed by atoms with Crippen molar-refractivity contribution in [3.05, 3.63) is 24.3 Å². The zero-order valence-electron chi connectivity index (χ0n) is 14.3. The number of hydrogen-bond acceptors (Lipinski definition) is 5. The van der Waals surface area contributed by atoms with Crippen LogP contribution in [0.3, 0.4) is 0 Å². The van der Waals surface area contributed by atoms with E-state index in [0.29, 0.717) is 31.7 Å². The minimum atomic E-state index is -3.82. The molecule has 1 heterocycles. The summed E-state index contributed by atoms with van der Waals surface area (Å²) >= 11 is 0. The van der Waals surface area contributed by atoms with Gasteiger partial charge in [-0.1, -0.05) is 0 Å². The fourth-order valence-corrected chi connectivity index (χ4v) is 3.96. The molecule has 1 saturated heterocycles.